The minimum Gasteiger partial charge on any atom is -0.380 e. The van der Waals surface area contributed by atoms with E-state index in [1.54, 1.807) is 0 Å². The van der Waals surface area contributed by atoms with Crippen molar-refractivity contribution in [2.75, 3.05) is 18.1 Å². The van der Waals surface area contributed by atoms with Crippen LogP contribution in [-0.4, -0.2) is 34.7 Å². The zero-order chi connectivity index (χ0) is 14.6. The van der Waals surface area contributed by atoms with Gasteiger partial charge in [-0.15, -0.1) is 0 Å². The predicted molar refractivity (Wildman–Crippen MR) is 84.9 cm³/mol. The third kappa shape index (κ3) is 3.91. The molecule has 2 rings (SSSR count). The highest BCUT2D eigenvalue weighted by atomic mass is 32.2. The summed E-state index contributed by atoms with van der Waals surface area (Å²) in [5, 5.41) is 13.5. The number of carbonyl (C=O) groups is 1. The van der Waals surface area contributed by atoms with E-state index in [0.29, 0.717) is 25.3 Å². The van der Waals surface area contributed by atoms with Gasteiger partial charge in [0.15, 0.2) is 0 Å². The van der Waals surface area contributed by atoms with Crippen LogP contribution in [-0.2, 0) is 4.79 Å². The van der Waals surface area contributed by atoms with Crippen LogP contribution in [0.25, 0.3) is 0 Å². The number of carbonyl (C=O) groups excluding carboxylic acids is 1. The molecule has 1 saturated heterocycles. The highest BCUT2D eigenvalue weighted by Crippen LogP contribution is 2.38. The fourth-order valence-electron chi connectivity index (χ4n) is 3.44. The Morgan fingerprint density at radius 3 is 2.45 bits per heavy atom. The molecule has 1 aliphatic carbocycles. The maximum absolute atomic E-state index is 12.3. The lowest BCUT2D eigenvalue weighted by Gasteiger charge is -2.38. The summed E-state index contributed by atoms with van der Waals surface area (Å²) >= 11 is 1.82. The maximum Gasteiger partial charge on any atom is 0.252 e. The average molecular weight is 299 g/mol. The molecule has 2 N–H and O–H groups in total. The largest absolute Gasteiger partial charge is 0.380 e. The van der Waals surface area contributed by atoms with E-state index in [0.717, 1.165) is 11.5 Å². The van der Waals surface area contributed by atoms with Crippen LogP contribution >= 0.6 is 11.8 Å². The molecule has 0 bridgehead atoms. The first-order valence-corrected chi connectivity index (χ1v) is 9.18. The van der Waals surface area contributed by atoms with Gasteiger partial charge < -0.3 is 10.4 Å². The van der Waals surface area contributed by atoms with Gasteiger partial charge in [0.25, 0.3) is 5.91 Å². The van der Waals surface area contributed by atoms with Crippen LogP contribution in [0.1, 0.15) is 58.8 Å². The molecule has 0 aromatic carbocycles. The molecule has 0 unspecified atom stereocenters. The molecule has 2 fully saturated rings. The van der Waals surface area contributed by atoms with Crippen molar-refractivity contribution >= 4 is 17.7 Å². The van der Waals surface area contributed by atoms with Crippen LogP contribution in [0.5, 0.6) is 0 Å². The van der Waals surface area contributed by atoms with E-state index in [1.807, 2.05) is 11.8 Å². The monoisotopic (exact) mass is 299 g/mol. The summed E-state index contributed by atoms with van der Waals surface area (Å²) in [5.74, 6) is 2.32. The second-order valence-corrected chi connectivity index (χ2v) is 8.37. The normalized spacial score (nSPS) is 24.4. The van der Waals surface area contributed by atoms with Crippen molar-refractivity contribution in [2.24, 2.45) is 11.3 Å². The number of aliphatic hydroxyl groups is 1. The summed E-state index contributed by atoms with van der Waals surface area (Å²) in [6, 6.07) is 0. The summed E-state index contributed by atoms with van der Waals surface area (Å²) in [5.41, 5.74) is -0.982. The lowest BCUT2D eigenvalue weighted by Crippen LogP contribution is -2.51. The Balaban J connectivity index is 1.85. The fraction of sp³-hybridized carbons (Fsp3) is 0.938. The Hall–Kier alpha value is -0.220. The SMILES string of the molecule is CC(C)(CNC(=O)C1(O)CCSCC1)C1CCCCC1. The molecular weight excluding hydrogens is 270 g/mol. The second-order valence-electron chi connectivity index (χ2n) is 7.15. The van der Waals surface area contributed by atoms with Gasteiger partial charge in [-0.2, -0.15) is 11.8 Å². The van der Waals surface area contributed by atoms with Gasteiger partial charge in [0, 0.05) is 6.54 Å². The van der Waals surface area contributed by atoms with Crippen LogP contribution in [0.15, 0.2) is 0 Å². The minimum absolute atomic E-state index is 0.135. The predicted octanol–water partition coefficient (Wildman–Crippen LogP) is 2.97. The maximum atomic E-state index is 12.3. The molecular formula is C16H29NO2S. The zero-order valence-corrected chi connectivity index (χ0v) is 13.7. The van der Waals surface area contributed by atoms with Crippen molar-refractivity contribution in [1.82, 2.24) is 5.32 Å². The molecule has 116 valence electrons. The van der Waals surface area contributed by atoms with Gasteiger partial charge in [-0.25, -0.2) is 0 Å². The van der Waals surface area contributed by atoms with Crippen molar-refractivity contribution in [3.05, 3.63) is 0 Å². The Morgan fingerprint density at radius 2 is 1.85 bits per heavy atom. The second kappa shape index (κ2) is 6.69. The average Bonchev–Trinajstić information content (AvgIpc) is 2.46. The van der Waals surface area contributed by atoms with Crippen molar-refractivity contribution in [3.8, 4) is 0 Å². The lowest BCUT2D eigenvalue weighted by atomic mass is 9.71. The van der Waals surface area contributed by atoms with Crippen molar-refractivity contribution < 1.29 is 9.90 Å². The molecule has 0 spiro atoms. The molecule has 1 amide bonds. The Morgan fingerprint density at radius 1 is 1.25 bits per heavy atom. The van der Waals surface area contributed by atoms with Crippen LogP contribution in [0.4, 0.5) is 0 Å². The number of hydrogen-bond donors (Lipinski definition) is 2. The Bertz CT molecular complexity index is 331. The topological polar surface area (TPSA) is 49.3 Å². The molecule has 4 heteroatoms. The van der Waals surface area contributed by atoms with Crippen molar-refractivity contribution in [1.29, 1.82) is 0 Å². The number of rotatable bonds is 4. The molecule has 1 aliphatic heterocycles. The van der Waals surface area contributed by atoms with E-state index in [2.05, 4.69) is 19.2 Å². The van der Waals surface area contributed by atoms with Gasteiger partial charge >= 0.3 is 0 Å². The summed E-state index contributed by atoms with van der Waals surface area (Å²) in [6.07, 6.45) is 7.75. The first-order chi connectivity index (χ1) is 9.44. The summed E-state index contributed by atoms with van der Waals surface area (Å²) in [7, 11) is 0. The molecule has 0 radical (unpaired) electrons. The van der Waals surface area contributed by atoms with E-state index in [-0.39, 0.29) is 11.3 Å². The number of hydrogen-bond acceptors (Lipinski definition) is 3. The molecule has 3 nitrogen and oxygen atoms in total. The first kappa shape index (κ1) is 16.2. The fourth-order valence-corrected chi connectivity index (χ4v) is 4.61. The van der Waals surface area contributed by atoms with Crippen molar-refractivity contribution in [3.63, 3.8) is 0 Å². The highest BCUT2D eigenvalue weighted by Gasteiger charge is 2.39. The third-order valence-corrected chi connectivity index (χ3v) is 6.14. The van der Waals surface area contributed by atoms with Crippen LogP contribution in [0.2, 0.25) is 0 Å². The van der Waals surface area contributed by atoms with Crippen molar-refractivity contribution in [2.45, 2.75) is 64.4 Å². The van der Waals surface area contributed by atoms with E-state index in [1.165, 1.54) is 32.1 Å². The Kier molecular flexibility index (Phi) is 5.41. The summed E-state index contributed by atoms with van der Waals surface area (Å²) < 4.78 is 0. The van der Waals surface area contributed by atoms with E-state index < -0.39 is 5.60 Å². The van der Waals surface area contributed by atoms with E-state index in [4.69, 9.17) is 0 Å². The molecule has 1 heterocycles. The highest BCUT2D eigenvalue weighted by molar-refractivity contribution is 7.99. The van der Waals surface area contributed by atoms with Gasteiger partial charge in [0.1, 0.15) is 5.60 Å². The molecule has 0 aromatic rings. The van der Waals surface area contributed by atoms with Gasteiger partial charge in [0.2, 0.25) is 0 Å². The number of amides is 1. The lowest BCUT2D eigenvalue weighted by molar-refractivity contribution is -0.141. The third-order valence-electron chi connectivity index (χ3n) is 5.16. The Labute approximate surface area is 127 Å². The summed E-state index contributed by atoms with van der Waals surface area (Å²) in [4.78, 5) is 12.3. The van der Waals surface area contributed by atoms with Crippen LogP contribution in [0.3, 0.4) is 0 Å². The minimum atomic E-state index is -1.12. The summed E-state index contributed by atoms with van der Waals surface area (Å²) in [6.45, 7) is 5.19. The first-order valence-electron chi connectivity index (χ1n) is 8.02. The van der Waals surface area contributed by atoms with E-state index >= 15 is 0 Å². The number of thioether (sulfide) groups is 1. The van der Waals surface area contributed by atoms with Gasteiger partial charge in [-0.1, -0.05) is 33.1 Å². The molecule has 2 aliphatic rings. The zero-order valence-electron chi connectivity index (χ0n) is 12.9. The number of nitrogens with one attached hydrogen (secondary N) is 1. The van der Waals surface area contributed by atoms with Crippen LogP contribution in [0, 0.1) is 11.3 Å². The van der Waals surface area contributed by atoms with Crippen LogP contribution < -0.4 is 5.32 Å². The molecule has 0 aromatic heterocycles. The molecule has 0 atom stereocenters. The molecule has 20 heavy (non-hydrogen) atoms. The standard InChI is InChI=1S/C16H29NO2S/c1-15(2,13-6-4-3-5-7-13)12-17-14(18)16(19)8-10-20-11-9-16/h13,19H,3-12H2,1-2H3,(H,17,18). The quantitative estimate of drug-likeness (QED) is 0.839. The van der Waals surface area contributed by atoms with Gasteiger partial charge in [-0.3, -0.25) is 4.79 Å². The van der Waals surface area contributed by atoms with Gasteiger partial charge in [0.05, 0.1) is 0 Å². The van der Waals surface area contributed by atoms with Gasteiger partial charge in [-0.05, 0) is 48.5 Å². The smallest absolute Gasteiger partial charge is 0.252 e. The molecule has 1 saturated carbocycles. The van der Waals surface area contributed by atoms with E-state index in [9.17, 15) is 9.90 Å².